The van der Waals surface area contributed by atoms with Crippen LogP contribution in [0.2, 0.25) is 0 Å². The number of hydrogen-bond acceptors (Lipinski definition) is 4. The number of hydrogen-bond donors (Lipinski definition) is 1. The first-order chi connectivity index (χ1) is 14.6. The fourth-order valence-electron chi connectivity index (χ4n) is 3.06. The first-order valence-corrected chi connectivity index (χ1v) is 10.8. The summed E-state index contributed by atoms with van der Waals surface area (Å²) in [6.07, 6.45) is 10.3. The van der Waals surface area contributed by atoms with Crippen LogP contribution in [0.15, 0.2) is 53.6 Å². The molecule has 0 atom stereocenters. The van der Waals surface area contributed by atoms with Gasteiger partial charge >= 0.3 is 5.97 Å². The Labute approximate surface area is 179 Å². The third-order valence-corrected chi connectivity index (χ3v) is 4.87. The van der Waals surface area contributed by atoms with E-state index >= 15 is 0 Å². The molecule has 0 saturated heterocycles. The van der Waals surface area contributed by atoms with Crippen molar-refractivity contribution in [1.29, 1.82) is 0 Å². The second-order valence-corrected chi connectivity index (χ2v) is 7.44. The van der Waals surface area contributed by atoms with Crippen LogP contribution < -0.4 is 10.2 Å². The molecule has 2 rings (SSSR count). The normalized spacial score (nSPS) is 10.9. The molecule has 0 heterocycles. The van der Waals surface area contributed by atoms with Crippen molar-refractivity contribution < 1.29 is 14.3 Å². The fourth-order valence-corrected chi connectivity index (χ4v) is 3.06. The van der Waals surface area contributed by atoms with Crippen LogP contribution in [0.25, 0.3) is 0 Å². The van der Waals surface area contributed by atoms with Crippen LogP contribution in [0.4, 0.5) is 0 Å². The summed E-state index contributed by atoms with van der Waals surface area (Å²) >= 11 is 0. The van der Waals surface area contributed by atoms with Crippen molar-refractivity contribution in [3.8, 4) is 5.75 Å². The monoisotopic (exact) mass is 408 g/mol. The molecule has 0 aliphatic rings. The second kappa shape index (κ2) is 13.3. The zero-order valence-corrected chi connectivity index (χ0v) is 18.0. The molecule has 0 radical (unpaired) electrons. The summed E-state index contributed by atoms with van der Waals surface area (Å²) in [6.45, 7) is 4.08. The highest BCUT2D eigenvalue weighted by Gasteiger charge is 2.10. The molecule has 5 nitrogen and oxygen atoms in total. The Morgan fingerprint density at radius 2 is 1.60 bits per heavy atom. The van der Waals surface area contributed by atoms with Gasteiger partial charge in [-0.2, -0.15) is 5.10 Å². The summed E-state index contributed by atoms with van der Waals surface area (Å²) in [6, 6.07) is 14.3. The van der Waals surface area contributed by atoms with E-state index in [0.29, 0.717) is 17.7 Å². The Balaban J connectivity index is 1.70. The van der Waals surface area contributed by atoms with Gasteiger partial charge in [-0.15, -0.1) is 0 Å². The van der Waals surface area contributed by atoms with Crippen LogP contribution in [0.1, 0.15) is 79.8 Å². The number of amides is 1. The molecule has 0 aliphatic heterocycles. The van der Waals surface area contributed by atoms with Crippen LogP contribution in [0.3, 0.4) is 0 Å². The second-order valence-electron chi connectivity index (χ2n) is 7.44. The minimum atomic E-state index is -0.382. The van der Waals surface area contributed by atoms with Crippen molar-refractivity contribution in [2.24, 2.45) is 5.10 Å². The van der Waals surface area contributed by atoms with E-state index in [1.54, 1.807) is 36.5 Å². The molecule has 1 N–H and O–H groups in total. The highest BCUT2D eigenvalue weighted by molar-refractivity contribution is 5.92. The van der Waals surface area contributed by atoms with E-state index < -0.39 is 0 Å². The van der Waals surface area contributed by atoms with E-state index in [-0.39, 0.29) is 11.9 Å². The number of benzene rings is 2. The topological polar surface area (TPSA) is 67.8 Å². The van der Waals surface area contributed by atoms with Crippen LogP contribution in [-0.2, 0) is 4.79 Å². The number of aryl methyl sites for hydroxylation is 1. The Morgan fingerprint density at radius 3 is 2.30 bits per heavy atom. The number of unbranched alkanes of at least 4 members (excludes halogenated alkanes) is 6. The summed E-state index contributed by atoms with van der Waals surface area (Å²) in [7, 11) is 0. The molecule has 0 fully saturated rings. The van der Waals surface area contributed by atoms with Gasteiger partial charge in [-0.1, -0.05) is 63.6 Å². The van der Waals surface area contributed by atoms with E-state index in [1.807, 2.05) is 25.1 Å². The number of ether oxygens (including phenoxy) is 1. The molecule has 2 aromatic carbocycles. The minimum Gasteiger partial charge on any atom is -0.423 e. The van der Waals surface area contributed by atoms with Crippen molar-refractivity contribution in [3.63, 3.8) is 0 Å². The Bertz CT molecular complexity index is 829. The van der Waals surface area contributed by atoms with Gasteiger partial charge in [0, 0.05) is 6.42 Å². The van der Waals surface area contributed by atoms with Gasteiger partial charge in [-0.25, -0.2) is 10.2 Å². The van der Waals surface area contributed by atoms with Crippen LogP contribution in [0, 0.1) is 6.92 Å². The minimum absolute atomic E-state index is 0.0661. The zero-order chi connectivity index (χ0) is 21.6. The average molecular weight is 409 g/mol. The summed E-state index contributed by atoms with van der Waals surface area (Å²) in [5.41, 5.74) is 4.79. The Hall–Kier alpha value is -2.95. The largest absolute Gasteiger partial charge is 0.423 e. The maximum Gasteiger partial charge on any atom is 0.343 e. The van der Waals surface area contributed by atoms with Crippen molar-refractivity contribution in [2.45, 2.75) is 65.2 Å². The maximum atomic E-state index is 12.2. The number of hydrazone groups is 1. The standard InChI is InChI=1S/C25H32N2O3/c1-3-4-5-6-7-8-9-14-24(28)27-26-19-21-15-17-22(18-16-21)30-25(29)23-13-11-10-12-20(23)2/h10-13,15-19H,3-9,14H2,1-2H3,(H,27,28)/b26-19+. The summed E-state index contributed by atoms with van der Waals surface area (Å²) in [5.74, 6) is 0.0131. The Kier molecular flexibility index (Phi) is 10.3. The van der Waals surface area contributed by atoms with E-state index in [4.69, 9.17) is 4.74 Å². The fraction of sp³-hybridized carbons (Fsp3) is 0.400. The molecule has 0 unspecified atom stereocenters. The van der Waals surface area contributed by atoms with Gasteiger partial charge in [0.25, 0.3) is 0 Å². The average Bonchev–Trinajstić information content (AvgIpc) is 2.74. The number of carbonyl (C=O) groups is 2. The molecule has 0 bridgehead atoms. The van der Waals surface area contributed by atoms with E-state index in [2.05, 4.69) is 17.5 Å². The van der Waals surface area contributed by atoms with Crippen molar-refractivity contribution in [1.82, 2.24) is 5.43 Å². The first-order valence-electron chi connectivity index (χ1n) is 10.8. The first kappa shape index (κ1) is 23.3. The molecule has 0 saturated carbocycles. The highest BCUT2D eigenvalue weighted by Crippen LogP contribution is 2.15. The summed E-state index contributed by atoms with van der Waals surface area (Å²) < 4.78 is 5.41. The molecule has 0 spiro atoms. The van der Waals surface area contributed by atoms with Gasteiger partial charge in [0.15, 0.2) is 0 Å². The van der Waals surface area contributed by atoms with E-state index in [0.717, 1.165) is 24.0 Å². The van der Waals surface area contributed by atoms with Crippen molar-refractivity contribution >= 4 is 18.1 Å². The highest BCUT2D eigenvalue weighted by atomic mass is 16.5. The summed E-state index contributed by atoms with van der Waals surface area (Å²) in [4.78, 5) is 24.1. The molecule has 1 amide bonds. The molecular weight excluding hydrogens is 376 g/mol. The van der Waals surface area contributed by atoms with Crippen LogP contribution in [-0.4, -0.2) is 18.1 Å². The van der Waals surface area contributed by atoms with Gasteiger partial charge in [0.1, 0.15) is 5.75 Å². The quantitative estimate of drug-likeness (QED) is 0.159. The van der Waals surface area contributed by atoms with Crippen LogP contribution >= 0.6 is 0 Å². The molecule has 30 heavy (non-hydrogen) atoms. The third kappa shape index (κ3) is 8.60. The lowest BCUT2D eigenvalue weighted by atomic mass is 10.1. The number of nitrogens with zero attached hydrogens (tertiary/aromatic N) is 1. The van der Waals surface area contributed by atoms with E-state index in [9.17, 15) is 9.59 Å². The van der Waals surface area contributed by atoms with Crippen molar-refractivity contribution in [3.05, 3.63) is 65.2 Å². The maximum absolute atomic E-state index is 12.2. The van der Waals surface area contributed by atoms with Crippen molar-refractivity contribution in [2.75, 3.05) is 0 Å². The zero-order valence-electron chi connectivity index (χ0n) is 18.0. The van der Waals surface area contributed by atoms with Crippen LogP contribution in [0.5, 0.6) is 5.75 Å². The molecular formula is C25H32N2O3. The molecule has 0 aliphatic carbocycles. The lowest BCUT2D eigenvalue weighted by Crippen LogP contribution is -2.16. The van der Waals surface area contributed by atoms with Gasteiger partial charge in [0.05, 0.1) is 11.8 Å². The lowest BCUT2D eigenvalue weighted by molar-refractivity contribution is -0.121. The van der Waals surface area contributed by atoms with E-state index in [1.165, 1.54) is 32.1 Å². The smallest absolute Gasteiger partial charge is 0.343 e. The molecule has 0 aromatic heterocycles. The lowest BCUT2D eigenvalue weighted by Gasteiger charge is -2.06. The molecule has 160 valence electrons. The summed E-state index contributed by atoms with van der Waals surface area (Å²) in [5, 5.41) is 4.00. The van der Waals surface area contributed by atoms with Gasteiger partial charge < -0.3 is 4.74 Å². The van der Waals surface area contributed by atoms with Gasteiger partial charge in [0.2, 0.25) is 5.91 Å². The number of carbonyl (C=O) groups excluding carboxylic acids is 2. The number of rotatable bonds is 12. The number of esters is 1. The molecule has 2 aromatic rings. The SMILES string of the molecule is CCCCCCCCCC(=O)N/N=C/c1ccc(OC(=O)c2ccccc2C)cc1. The predicted molar refractivity (Wildman–Crippen MR) is 121 cm³/mol. The number of nitrogens with one attached hydrogen (secondary N) is 1. The molecule has 5 heteroatoms. The van der Waals surface area contributed by atoms with Gasteiger partial charge in [-0.05, 0) is 54.8 Å². The predicted octanol–water partition coefficient (Wildman–Crippen LogP) is 5.81. The third-order valence-electron chi connectivity index (χ3n) is 4.87. The van der Waals surface area contributed by atoms with Gasteiger partial charge in [-0.3, -0.25) is 4.79 Å². The Morgan fingerprint density at radius 1 is 0.933 bits per heavy atom.